The van der Waals surface area contributed by atoms with Crippen LogP contribution in [0.25, 0.3) is 0 Å². The first-order valence-corrected chi connectivity index (χ1v) is 6.35. The molecule has 0 spiro atoms. The summed E-state index contributed by atoms with van der Waals surface area (Å²) >= 11 is 0. The van der Waals surface area contributed by atoms with E-state index in [1.54, 1.807) is 0 Å². The molecule has 0 radical (unpaired) electrons. The highest BCUT2D eigenvalue weighted by Crippen LogP contribution is 2.35. The van der Waals surface area contributed by atoms with Crippen molar-refractivity contribution in [1.82, 2.24) is 0 Å². The number of aliphatic hydroxyl groups excluding tert-OH is 1. The van der Waals surface area contributed by atoms with E-state index in [1.807, 2.05) is 30.3 Å². The molecular weight excluding hydrogens is 228 g/mol. The standard InChI is InChI=1S/C15H18O3/c1-10(16)15(18)13-9-12(7-8-14(13)17)11-5-3-2-4-6-11/h2-6,12-13,15,18H,7-9H2,1H3/t12-,13+,15-/m0/s1. The van der Waals surface area contributed by atoms with Gasteiger partial charge in [0.1, 0.15) is 11.9 Å². The Kier molecular flexibility index (Phi) is 3.92. The van der Waals surface area contributed by atoms with Crippen LogP contribution in [0.4, 0.5) is 0 Å². The molecule has 3 nitrogen and oxygen atoms in total. The molecule has 3 heteroatoms. The number of Topliss-reactive ketones (excluding diaryl/α,β-unsaturated/α-hetero) is 2. The van der Waals surface area contributed by atoms with Crippen molar-refractivity contribution in [2.24, 2.45) is 5.92 Å². The van der Waals surface area contributed by atoms with Gasteiger partial charge < -0.3 is 5.11 Å². The van der Waals surface area contributed by atoms with Crippen LogP contribution in [0.2, 0.25) is 0 Å². The minimum Gasteiger partial charge on any atom is -0.385 e. The number of carbonyl (C=O) groups excluding carboxylic acids is 2. The summed E-state index contributed by atoms with van der Waals surface area (Å²) < 4.78 is 0. The van der Waals surface area contributed by atoms with Crippen molar-refractivity contribution in [3.63, 3.8) is 0 Å². The van der Waals surface area contributed by atoms with Crippen molar-refractivity contribution < 1.29 is 14.7 Å². The maximum absolute atomic E-state index is 11.8. The van der Waals surface area contributed by atoms with Crippen LogP contribution in [-0.4, -0.2) is 22.8 Å². The lowest BCUT2D eigenvalue weighted by Crippen LogP contribution is -2.37. The molecule has 1 aliphatic carbocycles. The lowest BCUT2D eigenvalue weighted by atomic mass is 9.74. The van der Waals surface area contributed by atoms with E-state index in [-0.39, 0.29) is 17.5 Å². The number of rotatable bonds is 3. The summed E-state index contributed by atoms with van der Waals surface area (Å²) in [6.45, 7) is 1.34. The van der Waals surface area contributed by atoms with Crippen LogP contribution in [0.15, 0.2) is 30.3 Å². The Balaban J connectivity index is 2.14. The maximum Gasteiger partial charge on any atom is 0.158 e. The second-order valence-electron chi connectivity index (χ2n) is 5.01. The molecule has 18 heavy (non-hydrogen) atoms. The van der Waals surface area contributed by atoms with Crippen LogP contribution >= 0.6 is 0 Å². The molecule has 1 fully saturated rings. The fraction of sp³-hybridized carbons (Fsp3) is 0.467. The quantitative estimate of drug-likeness (QED) is 0.888. The highest BCUT2D eigenvalue weighted by atomic mass is 16.3. The van der Waals surface area contributed by atoms with Crippen molar-refractivity contribution >= 4 is 11.6 Å². The summed E-state index contributed by atoms with van der Waals surface area (Å²) in [7, 11) is 0. The number of hydrogen-bond acceptors (Lipinski definition) is 3. The monoisotopic (exact) mass is 246 g/mol. The molecule has 0 aromatic heterocycles. The second kappa shape index (κ2) is 5.44. The fourth-order valence-electron chi connectivity index (χ4n) is 2.67. The normalized spacial score (nSPS) is 25.8. The van der Waals surface area contributed by atoms with Gasteiger partial charge in [0.05, 0.1) is 5.92 Å². The first-order valence-electron chi connectivity index (χ1n) is 6.35. The van der Waals surface area contributed by atoms with Crippen LogP contribution in [-0.2, 0) is 9.59 Å². The van der Waals surface area contributed by atoms with E-state index in [0.29, 0.717) is 12.8 Å². The highest BCUT2D eigenvalue weighted by molar-refractivity contribution is 5.90. The lowest BCUT2D eigenvalue weighted by Gasteiger charge is -2.30. The van der Waals surface area contributed by atoms with Gasteiger partial charge in [0.25, 0.3) is 0 Å². The highest BCUT2D eigenvalue weighted by Gasteiger charge is 2.35. The van der Waals surface area contributed by atoms with E-state index in [9.17, 15) is 14.7 Å². The average Bonchev–Trinajstić information content (AvgIpc) is 2.39. The van der Waals surface area contributed by atoms with Gasteiger partial charge in [-0.1, -0.05) is 30.3 Å². The fourth-order valence-corrected chi connectivity index (χ4v) is 2.67. The Labute approximate surface area is 107 Å². The Morgan fingerprint density at radius 2 is 2.00 bits per heavy atom. The molecule has 0 amide bonds. The summed E-state index contributed by atoms with van der Waals surface area (Å²) in [5, 5.41) is 9.82. The zero-order chi connectivity index (χ0) is 13.1. The third-order valence-electron chi connectivity index (χ3n) is 3.76. The zero-order valence-corrected chi connectivity index (χ0v) is 10.5. The molecule has 1 N–H and O–H groups in total. The van der Waals surface area contributed by atoms with Crippen molar-refractivity contribution in [1.29, 1.82) is 0 Å². The Morgan fingerprint density at radius 3 is 2.61 bits per heavy atom. The SMILES string of the molecule is CC(=O)[C@H](O)[C@@H]1C[C@@H](c2ccccc2)CCC1=O. The van der Waals surface area contributed by atoms with Crippen LogP contribution in [0.3, 0.4) is 0 Å². The van der Waals surface area contributed by atoms with Crippen molar-refractivity contribution in [3.8, 4) is 0 Å². The maximum atomic E-state index is 11.8. The summed E-state index contributed by atoms with van der Waals surface area (Å²) in [6.07, 6.45) is 0.700. The first-order chi connectivity index (χ1) is 8.59. The molecule has 1 aromatic carbocycles. The Morgan fingerprint density at radius 1 is 1.33 bits per heavy atom. The molecule has 0 saturated heterocycles. The van der Waals surface area contributed by atoms with Gasteiger partial charge in [-0.15, -0.1) is 0 Å². The smallest absolute Gasteiger partial charge is 0.158 e. The lowest BCUT2D eigenvalue weighted by molar-refractivity contribution is -0.138. The summed E-state index contributed by atoms with van der Waals surface area (Å²) in [4.78, 5) is 23.0. The van der Waals surface area contributed by atoms with E-state index in [0.717, 1.165) is 6.42 Å². The van der Waals surface area contributed by atoms with Crippen molar-refractivity contribution in [3.05, 3.63) is 35.9 Å². The van der Waals surface area contributed by atoms with Gasteiger partial charge in [-0.3, -0.25) is 9.59 Å². The van der Waals surface area contributed by atoms with E-state index >= 15 is 0 Å². The molecule has 0 aliphatic heterocycles. The van der Waals surface area contributed by atoms with Gasteiger partial charge in [-0.2, -0.15) is 0 Å². The van der Waals surface area contributed by atoms with Crippen LogP contribution in [0.1, 0.15) is 37.7 Å². The van der Waals surface area contributed by atoms with E-state index in [2.05, 4.69) is 0 Å². The Hall–Kier alpha value is -1.48. The average molecular weight is 246 g/mol. The third kappa shape index (κ3) is 2.67. The third-order valence-corrected chi connectivity index (χ3v) is 3.76. The van der Waals surface area contributed by atoms with Crippen molar-refractivity contribution in [2.45, 2.75) is 38.2 Å². The van der Waals surface area contributed by atoms with Gasteiger partial charge in [0.15, 0.2) is 5.78 Å². The molecule has 3 atom stereocenters. The predicted octanol–water partition coefficient (Wildman–Crippen LogP) is 2.09. The summed E-state index contributed by atoms with van der Waals surface area (Å²) in [5.41, 5.74) is 1.19. The van der Waals surface area contributed by atoms with Gasteiger partial charge in [0.2, 0.25) is 0 Å². The summed E-state index contributed by atoms with van der Waals surface area (Å²) in [5.74, 6) is -0.559. The molecule has 1 aliphatic rings. The van der Waals surface area contributed by atoms with Crippen molar-refractivity contribution in [2.75, 3.05) is 0 Å². The zero-order valence-electron chi connectivity index (χ0n) is 10.5. The van der Waals surface area contributed by atoms with E-state index < -0.39 is 12.0 Å². The molecule has 0 heterocycles. The molecule has 1 aromatic rings. The molecule has 0 unspecified atom stereocenters. The van der Waals surface area contributed by atoms with Gasteiger partial charge in [-0.05, 0) is 31.2 Å². The number of carbonyl (C=O) groups is 2. The van der Waals surface area contributed by atoms with Gasteiger partial charge >= 0.3 is 0 Å². The first kappa shape index (κ1) is 13.0. The second-order valence-corrected chi connectivity index (χ2v) is 5.01. The number of benzene rings is 1. The van der Waals surface area contributed by atoms with E-state index in [1.165, 1.54) is 12.5 Å². The predicted molar refractivity (Wildman–Crippen MR) is 68.2 cm³/mol. The van der Waals surface area contributed by atoms with Crippen LogP contribution in [0, 0.1) is 5.92 Å². The molecule has 2 rings (SSSR count). The number of hydrogen-bond donors (Lipinski definition) is 1. The minimum atomic E-state index is -1.14. The largest absolute Gasteiger partial charge is 0.385 e. The summed E-state index contributed by atoms with van der Waals surface area (Å²) in [6, 6.07) is 9.99. The number of ketones is 2. The number of aliphatic hydroxyl groups is 1. The molecular formula is C15H18O3. The Bertz CT molecular complexity index is 438. The minimum absolute atomic E-state index is 0.0184. The van der Waals surface area contributed by atoms with Crippen LogP contribution < -0.4 is 0 Å². The topological polar surface area (TPSA) is 54.4 Å². The molecule has 1 saturated carbocycles. The van der Waals surface area contributed by atoms with E-state index in [4.69, 9.17) is 0 Å². The van der Waals surface area contributed by atoms with Crippen LogP contribution in [0.5, 0.6) is 0 Å². The molecule has 0 bridgehead atoms. The van der Waals surface area contributed by atoms with Gasteiger partial charge in [0, 0.05) is 6.42 Å². The molecule has 96 valence electrons. The van der Waals surface area contributed by atoms with Gasteiger partial charge in [-0.25, -0.2) is 0 Å².